The Hall–Kier alpha value is -2.55. The summed E-state index contributed by atoms with van der Waals surface area (Å²) in [6, 6.07) is 15.4. The van der Waals surface area contributed by atoms with Crippen LogP contribution in [0.4, 0.5) is 5.69 Å². The lowest BCUT2D eigenvalue weighted by Crippen LogP contribution is -1.91. The van der Waals surface area contributed by atoms with Crippen LogP contribution >= 0.6 is 0 Å². The molecule has 0 radical (unpaired) electrons. The number of nitrogens with two attached hydrogens (primary N) is 1. The summed E-state index contributed by atoms with van der Waals surface area (Å²) in [4.78, 5) is 4.32. The molecule has 0 saturated carbocycles. The molecule has 0 spiro atoms. The number of anilines is 1. The number of ether oxygens (including phenoxy) is 1. The molecule has 0 aliphatic heterocycles. The quantitative estimate of drug-likeness (QED) is 0.701. The van der Waals surface area contributed by atoms with E-state index < -0.39 is 0 Å². The number of fused-ring (bicyclic) bond motifs is 1. The van der Waals surface area contributed by atoms with Gasteiger partial charge in [-0.1, -0.05) is 6.07 Å². The second kappa shape index (κ2) is 4.61. The average molecular weight is 250 g/mol. The van der Waals surface area contributed by atoms with E-state index in [1.54, 1.807) is 6.20 Å². The van der Waals surface area contributed by atoms with E-state index in [0.717, 1.165) is 33.7 Å². The minimum Gasteiger partial charge on any atom is -0.457 e. The highest BCUT2D eigenvalue weighted by Gasteiger charge is 2.04. The number of rotatable bonds is 2. The van der Waals surface area contributed by atoms with Gasteiger partial charge in [0.2, 0.25) is 0 Å². The highest BCUT2D eigenvalue weighted by atomic mass is 16.5. The van der Waals surface area contributed by atoms with Crippen LogP contribution < -0.4 is 10.5 Å². The van der Waals surface area contributed by atoms with Crippen molar-refractivity contribution >= 4 is 16.6 Å². The van der Waals surface area contributed by atoms with Crippen LogP contribution in [-0.4, -0.2) is 4.98 Å². The van der Waals surface area contributed by atoms with Crippen molar-refractivity contribution in [1.82, 2.24) is 4.98 Å². The number of aromatic nitrogens is 1. The highest BCUT2D eigenvalue weighted by Crippen LogP contribution is 2.30. The SMILES string of the molecule is Cc1cc(Oc2cccc3ncccc23)ccc1N. The highest BCUT2D eigenvalue weighted by molar-refractivity contribution is 5.85. The minimum atomic E-state index is 0.770. The number of aryl methyl sites for hydroxylation is 1. The molecule has 3 rings (SSSR count). The Bertz CT molecular complexity index is 732. The first-order chi connectivity index (χ1) is 9.24. The zero-order chi connectivity index (χ0) is 13.2. The number of benzene rings is 2. The molecule has 0 bridgehead atoms. The predicted octanol–water partition coefficient (Wildman–Crippen LogP) is 3.92. The summed E-state index contributed by atoms with van der Waals surface area (Å²) in [5, 5.41) is 1.000. The van der Waals surface area contributed by atoms with Gasteiger partial charge in [-0.25, -0.2) is 0 Å². The van der Waals surface area contributed by atoms with Crippen molar-refractivity contribution in [1.29, 1.82) is 0 Å². The Morgan fingerprint density at radius 2 is 1.95 bits per heavy atom. The number of nitrogens with zero attached hydrogens (tertiary/aromatic N) is 1. The third kappa shape index (κ3) is 2.22. The zero-order valence-electron chi connectivity index (χ0n) is 10.6. The van der Waals surface area contributed by atoms with Crippen molar-refractivity contribution in [3.8, 4) is 11.5 Å². The average Bonchev–Trinajstić information content (AvgIpc) is 2.43. The van der Waals surface area contributed by atoms with Crippen LogP contribution in [0.25, 0.3) is 10.9 Å². The van der Waals surface area contributed by atoms with E-state index in [1.165, 1.54) is 0 Å². The summed E-state index contributed by atoms with van der Waals surface area (Å²) in [6.07, 6.45) is 1.78. The normalized spacial score (nSPS) is 10.6. The van der Waals surface area contributed by atoms with Crippen LogP contribution in [-0.2, 0) is 0 Å². The molecule has 1 heterocycles. The first kappa shape index (κ1) is 11.5. The smallest absolute Gasteiger partial charge is 0.136 e. The Balaban J connectivity index is 2.03. The second-order valence-electron chi connectivity index (χ2n) is 4.45. The van der Waals surface area contributed by atoms with Gasteiger partial charge in [-0.05, 0) is 55.0 Å². The fraction of sp³-hybridized carbons (Fsp3) is 0.0625. The lowest BCUT2D eigenvalue weighted by atomic mass is 10.2. The lowest BCUT2D eigenvalue weighted by Gasteiger charge is -2.10. The van der Waals surface area contributed by atoms with Crippen molar-refractivity contribution in [3.05, 3.63) is 60.3 Å². The molecule has 0 amide bonds. The number of hydrogen-bond donors (Lipinski definition) is 1. The maximum Gasteiger partial charge on any atom is 0.136 e. The Morgan fingerprint density at radius 3 is 2.79 bits per heavy atom. The van der Waals surface area contributed by atoms with Crippen LogP contribution in [0.2, 0.25) is 0 Å². The summed E-state index contributed by atoms with van der Waals surface area (Å²) in [7, 11) is 0. The van der Waals surface area contributed by atoms with Crippen LogP contribution in [0, 0.1) is 6.92 Å². The number of pyridine rings is 1. The van der Waals surface area contributed by atoms with Gasteiger partial charge in [-0.15, -0.1) is 0 Å². The van der Waals surface area contributed by atoms with Crippen molar-refractivity contribution in [2.24, 2.45) is 0 Å². The number of nitrogen functional groups attached to an aromatic ring is 1. The van der Waals surface area contributed by atoms with Gasteiger partial charge >= 0.3 is 0 Å². The van der Waals surface area contributed by atoms with Crippen molar-refractivity contribution < 1.29 is 4.74 Å². The summed E-state index contributed by atoms with van der Waals surface area (Å²) in [5.41, 5.74) is 8.51. The van der Waals surface area contributed by atoms with Crippen molar-refractivity contribution in [2.75, 3.05) is 5.73 Å². The molecule has 2 N–H and O–H groups in total. The fourth-order valence-electron chi connectivity index (χ4n) is 2.00. The molecule has 2 aromatic carbocycles. The molecule has 0 atom stereocenters. The van der Waals surface area contributed by atoms with Crippen LogP contribution in [0.1, 0.15) is 5.56 Å². The van der Waals surface area contributed by atoms with E-state index in [4.69, 9.17) is 10.5 Å². The largest absolute Gasteiger partial charge is 0.457 e. The molecular formula is C16H14N2O. The van der Waals surface area contributed by atoms with E-state index in [-0.39, 0.29) is 0 Å². The van der Waals surface area contributed by atoms with Crippen LogP contribution in [0.3, 0.4) is 0 Å². The van der Waals surface area contributed by atoms with Gasteiger partial charge in [0.1, 0.15) is 11.5 Å². The standard InChI is InChI=1S/C16H14N2O/c1-11-10-12(7-8-14(11)17)19-16-6-2-5-15-13(16)4-3-9-18-15/h2-10H,17H2,1H3. The predicted molar refractivity (Wildman–Crippen MR) is 77.4 cm³/mol. The van der Waals surface area contributed by atoms with Gasteiger partial charge in [0, 0.05) is 17.3 Å². The molecule has 19 heavy (non-hydrogen) atoms. The molecule has 94 valence electrons. The fourth-order valence-corrected chi connectivity index (χ4v) is 2.00. The maximum atomic E-state index is 5.93. The van der Waals surface area contributed by atoms with Crippen molar-refractivity contribution in [3.63, 3.8) is 0 Å². The molecule has 0 aliphatic rings. The molecule has 3 heteroatoms. The Morgan fingerprint density at radius 1 is 1.05 bits per heavy atom. The topological polar surface area (TPSA) is 48.1 Å². The van der Waals surface area contributed by atoms with E-state index in [0.29, 0.717) is 0 Å². The van der Waals surface area contributed by atoms with E-state index >= 15 is 0 Å². The van der Waals surface area contributed by atoms with Gasteiger partial charge in [-0.2, -0.15) is 0 Å². The molecule has 3 nitrogen and oxygen atoms in total. The monoisotopic (exact) mass is 250 g/mol. The third-order valence-electron chi connectivity index (χ3n) is 3.07. The molecular weight excluding hydrogens is 236 g/mol. The summed E-state index contributed by atoms with van der Waals surface area (Å²) in [5.74, 6) is 1.58. The summed E-state index contributed by atoms with van der Waals surface area (Å²) in [6.45, 7) is 1.97. The first-order valence-electron chi connectivity index (χ1n) is 6.12. The third-order valence-corrected chi connectivity index (χ3v) is 3.07. The molecule has 0 aliphatic carbocycles. The van der Waals surface area contributed by atoms with Crippen LogP contribution in [0.15, 0.2) is 54.7 Å². The van der Waals surface area contributed by atoms with Gasteiger partial charge in [0.15, 0.2) is 0 Å². The van der Waals surface area contributed by atoms with E-state index in [9.17, 15) is 0 Å². The maximum absolute atomic E-state index is 5.93. The van der Waals surface area contributed by atoms with Crippen LogP contribution in [0.5, 0.6) is 11.5 Å². The van der Waals surface area contributed by atoms with E-state index in [1.807, 2.05) is 55.5 Å². The van der Waals surface area contributed by atoms with E-state index in [2.05, 4.69) is 4.98 Å². The lowest BCUT2D eigenvalue weighted by molar-refractivity contribution is 0.488. The summed E-state index contributed by atoms with van der Waals surface area (Å²) >= 11 is 0. The molecule has 0 unspecified atom stereocenters. The Kier molecular flexibility index (Phi) is 2.80. The van der Waals surface area contributed by atoms with Gasteiger partial charge < -0.3 is 10.5 Å². The zero-order valence-corrected chi connectivity index (χ0v) is 10.6. The molecule has 0 fully saturated rings. The summed E-state index contributed by atoms with van der Waals surface area (Å²) < 4.78 is 5.93. The van der Waals surface area contributed by atoms with Crippen molar-refractivity contribution in [2.45, 2.75) is 6.92 Å². The molecule has 3 aromatic rings. The van der Waals surface area contributed by atoms with Gasteiger partial charge in [0.05, 0.1) is 5.52 Å². The van der Waals surface area contributed by atoms with Gasteiger partial charge in [-0.3, -0.25) is 4.98 Å². The Labute approximate surface area is 111 Å². The number of hydrogen-bond acceptors (Lipinski definition) is 3. The molecule has 1 aromatic heterocycles. The minimum absolute atomic E-state index is 0.770. The molecule has 0 saturated heterocycles. The second-order valence-corrected chi connectivity index (χ2v) is 4.45. The first-order valence-corrected chi connectivity index (χ1v) is 6.12. The van der Waals surface area contributed by atoms with Gasteiger partial charge in [0.25, 0.3) is 0 Å².